The minimum atomic E-state index is -1.76. The van der Waals surface area contributed by atoms with Crippen molar-refractivity contribution in [1.29, 1.82) is 0 Å². The molecule has 1 unspecified atom stereocenters. The third kappa shape index (κ3) is 3.91. The number of ether oxygens (including phenoxy) is 3. The largest absolute Gasteiger partial charge is 1.00 e. The van der Waals surface area contributed by atoms with Crippen LogP contribution in [0.1, 0.15) is 27.9 Å². The van der Waals surface area contributed by atoms with Gasteiger partial charge in [0.05, 0.1) is 38.9 Å². The van der Waals surface area contributed by atoms with Gasteiger partial charge in [-0.2, -0.15) is 9.97 Å². The molecule has 0 aliphatic heterocycles. The molecule has 2 heterocycles. The fourth-order valence-corrected chi connectivity index (χ4v) is 2.95. The number of carboxylic acids is 1. The third-order valence-corrected chi connectivity index (χ3v) is 4.19. The molecule has 2 aromatic rings. The second-order valence-electron chi connectivity index (χ2n) is 5.75. The van der Waals surface area contributed by atoms with Crippen LogP contribution >= 0.6 is 0 Å². The van der Waals surface area contributed by atoms with E-state index in [1.54, 1.807) is 0 Å². The number of fused-ring (bicyclic) bond motifs is 1. The molecule has 2 aromatic heterocycles. The Morgan fingerprint density at radius 3 is 2.21 bits per heavy atom. The number of hydrogen-bond donors (Lipinski definition) is 0. The van der Waals surface area contributed by atoms with Gasteiger partial charge in [-0.1, -0.05) is 0 Å². The number of carboxylic acid groups (broad SMARTS) is 1. The number of rotatable bonds is 5. The first kappa shape index (κ1) is 22.6. The van der Waals surface area contributed by atoms with Gasteiger partial charge >= 0.3 is 35.5 Å². The van der Waals surface area contributed by atoms with Crippen molar-refractivity contribution in [1.82, 2.24) is 9.97 Å². The molecule has 0 radical (unpaired) electrons. The molecule has 11 heteroatoms. The molecular weight excluding hydrogens is 395 g/mol. The van der Waals surface area contributed by atoms with Crippen LogP contribution in [0.5, 0.6) is 11.8 Å². The van der Waals surface area contributed by atoms with Gasteiger partial charge in [-0.05, 0) is 13.0 Å². The van der Waals surface area contributed by atoms with Crippen molar-refractivity contribution in [3.63, 3.8) is 0 Å². The second-order valence-corrected chi connectivity index (χ2v) is 5.75. The topological polar surface area (TPSA) is 141 Å². The summed E-state index contributed by atoms with van der Waals surface area (Å²) < 4.78 is 20.3. The summed E-state index contributed by atoms with van der Waals surface area (Å²) >= 11 is 0. The number of ketones is 1. The monoisotopic (exact) mass is 410 g/mol. The number of esters is 1. The van der Waals surface area contributed by atoms with Crippen molar-refractivity contribution in [3.05, 3.63) is 33.8 Å². The number of aliphatic carboxylic acids is 1. The van der Waals surface area contributed by atoms with Crippen molar-refractivity contribution in [2.24, 2.45) is 0 Å². The van der Waals surface area contributed by atoms with Gasteiger partial charge in [-0.3, -0.25) is 4.79 Å². The Hall–Kier alpha value is -2.69. The molecule has 0 spiro atoms. The number of furan rings is 1. The number of hydrogen-bond acceptors (Lipinski definition) is 10. The normalized spacial score (nSPS) is 15.0. The molecular formula is C18H15N2NaO8. The maximum Gasteiger partial charge on any atom is 1.00 e. The Kier molecular flexibility index (Phi) is 6.83. The third-order valence-electron chi connectivity index (χ3n) is 4.19. The minimum Gasteiger partial charge on any atom is -0.545 e. The van der Waals surface area contributed by atoms with Crippen LogP contribution in [0.15, 0.2) is 10.5 Å². The zero-order valence-electron chi connectivity index (χ0n) is 16.4. The van der Waals surface area contributed by atoms with Crippen molar-refractivity contribution in [2.45, 2.75) is 12.8 Å². The van der Waals surface area contributed by atoms with Gasteiger partial charge in [-0.15, -0.1) is 0 Å². The first-order valence-electron chi connectivity index (χ1n) is 7.98. The van der Waals surface area contributed by atoms with Crippen molar-refractivity contribution < 1.29 is 67.7 Å². The first-order chi connectivity index (χ1) is 13.3. The Morgan fingerprint density at radius 1 is 1.14 bits per heavy atom. The molecule has 0 saturated carbocycles. The van der Waals surface area contributed by atoms with E-state index in [1.807, 2.05) is 0 Å². The fourth-order valence-electron chi connectivity index (χ4n) is 2.95. The van der Waals surface area contributed by atoms with Gasteiger partial charge in [0.2, 0.25) is 11.8 Å². The summed E-state index contributed by atoms with van der Waals surface area (Å²) in [6.07, 6.45) is 1.33. The number of nitrogens with zero attached hydrogens (tertiary/aromatic N) is 2. The minimum absolute atomic E-state index is 0. The molecule has 0 fully saturated rings. The SMILES string of the molecule is COC(=O)c1c(C)oc2c1=C(C(=O)[O-])C(=O)C(c1nc(OC)cc(OC)n1)C=2.[Na+]. The predicted octanol–water partition coefficient (Wildman–Crippen LogP) is -4.77. The molecule has 0 bridgehead atoms. The maximum absolute atomic E-state index is 13.0. The van der Waals surface area contributed by atoms with Crippen molar-refractivity contribution in [2.75, 3.05) is 21.3 Å². The van der Waals surface area contributed by atoms with Gasteiger partial charge in [0.15, 0.2) is 11.6 Å². The molecule has 0 amide bonds. The summed E-state index contributed by atoms with van der Waals surface area (Å²) in [6.45, 7) is 1.45. The summed E-state index contributed by atoms with van der Waals surface area (Å²) in [4.78, 5) is 45.0. The molecule has 1 atom stereocenters. The number of carbonyl (C=O) groups is 3. The van der Waals surface area contributed by atoms with E-state index in [-0.39, 0.29) is 69.1 Å². The number of aromatic nitrogens is 2. The summed E-state index contributed by atoms with van der Waals surface area (Å²) in [5, 5.41) is 11.6. The summed E-state index contributed by atoms with van der Waals surface area (Å²) in [7, 11) is 3.87. The molecule has 29 heavy (non-hydrogen) atoms. The van der Waals surface area contributed by atoms with E-state index < -0.39 is 29.2 Å². The van der Waals surface area contributed by atoms with E-state index in [0.717, 1.165) is 7.11 Å². The Bertz CT molecular complexity index is 1100. The van der Waals surface area contributed by atoms with Gasteiger partial charge in [0.25, 0.3) is 0 Å². The van der Waals surface area contributed by atoms with E-state index in [4.69, 9.17) is 13.9 Å². The van der Waals surface area contributed by atoms with Gasteiger partial charge in [-0.25, -0.2) is 4.79 Å². The number of carbonyl (C=O) groups excluding carboxylic acids is 3. The maximum atomic E-state index is 13.0. The average Bonchev–Trinajstić information content (AvgIpc) is 3.01. The first-order valence-corrected chi connectivity index (χ1v) is 7.98. The standard InChI is InChI=1S/C18H16N2O8.Na/c1-7-12(18(24)27-4)13-9(28-7)5-8(15(21)14(13)17(22)23)16-19-10(25-2)6-11(20-16)26-3;/h5-6,8H,1-4H3,(H,22,23);/q;+1/p-1. The van der Waals surface area contributed by atoms with E-state index in [1.165, 1.54) is 33.3 Å². The number of aryl methyl sites for hydroxylation is 1. The van der Waals surface area contributed by atoms with Gasteiger partial charge in [0, 0.05) is 5.22 Å². The smallest absolute Gasteiger partial charge is 0.545 e. The molecule has 10 nitrogen and oxygen atoms in total. The number of Topliss-reactive ketones (excluding diaryl/α,β-unsaturated/α-hetero) is 1. The Morgan fingerprint density at radius 2 is 1.72 bits per heavy atom. The summed E-state index contributed by atoms with van der Waals surface area (Å²) in [5.74, 6) is -4.38. The zero-order valence-corrected chi connectivity index (χ0v) is 18.4. The van der Waals surface area contributed by atoms with Crippen LogP contribution in [0.3, 0.4) is 0 Å². The summed E-state index contributed by atoms with van der Waals surface area (Å²) in [6, 6.07) is 1.40. The van der Waals surface area contributed by atoms with Crippen molar-refractivity contribution >= 4 is 29.4 Å². The average molecular weight is 410 g/mol. The molecule has 0 saturated heterocycles. The molecule has 3 rings (SSSR count). The molecule has 1 aliphatic rings. The van der Waals surface area contributed by atoms with Crippen LogP contribution in [-0.4, -0.2) is 49.0 Å². The van der Waals surface area contributed by atoms with Crippen LogP contribution in [0.2, 0.25) is 0 Å². The fraction of sp³-hybridized carbons (Fsp3) is 0.278. The summed E-state index contributed by atoms with van der Waals surface area (Å²) in [5.41, 5.74) is -0.860. The zero-order chi connectivity index (χ0) is 20.6. The van der Waals surface area contributed by atoms with Crippen LogP contribution in [-0.2, 0) is 14.3 Å². The molecule has 0 N–H and O–H groups in total. The second kappa shape index (κ2) is 8.76. The van der Waals surface area contributed by atoms with Crippen LogP contribution < -0.4 is 54.8 Å². The van der Waals surface area contributed by atoms with E-state index in [2.05, 4.69) is 14.7 Å². The Balaban J connectivity index is 0.00000300. The quantitative estimate of drug-likeness (QED) is 0.348. The van der Waals surface area contributed by atoms with Crippen LogP contribution in [0.4, 0.5) is 0 Å². The molecule has 146 valence electrons. The van der Waals surface area contributed by atoms with Gasteiger partial charge in [0.1, 0.15) is 22.7 Å². The van der Waals surface area contributed by atoms with E-state index in [9.17, 15) is 19.5 Å². The van der Waals surface area contributed by atoms with Crippen LogP contribution in [0, 0.1) is 6.92 Å². The van der Waals surface area contributed by atoms with Crippen molar-refractivity contribution in [3.8, 4) is 11.8 Å². The van der Waals surface area contributed by atoms with E-state index >= 15 is 0 Å². The Labute approximate surface area is 186 Å². The van der Waals surface area contributed by atoms with Crippen LogP contribution in [0.25, 0.3) is 11.6 Å². The predicted molar refractivity (Wildman–Crippen MR) is 89.8 cm³/mol. The molecule has 0 aromatic carbocycles. The molecule has 1 aliphatic carbocycles. The van der Waals surface area contributed by atoms with Gasteiger partial charge < -0.3 is 28.5 Å². The van der Waals surface area contributed by atoms with E-state index in [0.29, 0.717) is 0 Å². The number of methoxy groups -OCH3 is 3.